The number of likely N-dealkylation sites (tertiary alicyclic amines) is 1. The topological polar surface area (TPSA) is 82.8 Å². The zero-order valence-electron chi connectivity index (χ0n) is 10.1. The molecule has 2 N–H and O–H groups in total. The van der Waals surface area contributed by atoms with Crippen LogP contribution in [0.4, 0.5) is 4.79 Å². The number of aliphatic carboxylic acids is 1. The van der Waals surface area contributed by atoms with Crippen LogP contribution in [0.25, 0.3) is 0 Å². The first kappa shape index (κ1) is 12.5. The van der Waals surface area contributed by atoms with Gasteiger partial charge in [0.25, 0.3) is 0 Å². The lowest BCUT2D eigenvalue weighted by molar-refractivity contribution is -0.142. The molecule has 6 nitrogen and oxygen atoms in total. The Bertz CT molecular complexity index is 429. The van der Waals surface area contributed by atoms with Gasteiger partial charge < -0.3 is 19.7 Å². The number of carboxylic acid groups (broad SMARTS) is 1. The van der Waals surface area contributed by atoms with Gasteiger partial charge in [-0.3, -0.25) is 4.79 Å². The molecule has 0 aromatic carbocycles. The third-order valence-corrected chi connectivity index (χ3v) is 3.24. The number of amides is 2. The zero-order chi connectivity index (χ0) is 13.1. The van der Waals surface area contributed by atoms with Crippen LogP contribution in [0.15, 0.2) is 23.0 Å². The Morgan fingerprint density at radius 3 is 2.89 bits per heavy atom. The minimum atomic E-state index is -0.840. The molecule has 1 aliphatic heterocycles. The summed E-state index contributed by atoms with van der Waals surface area (Å²) >= 11 is 0. The summed E-state index contributed by atoms with van der Waals surface area (Å²) in [6, 6.07) is 1.54. The van der Waals surface area contributed by atoms with Crippen molar-refractivity contribution in [1.29, 1.82) is 0 Å². The average molecular weight is 252 g/mol. The second-order valence-corrected chi connectivity index (χ2v) is 4.62. The Labute approximate surface area is 105 Å². The maximum absolute atomic E-state index is 11.8. The highest BCUT2D eigenvalue weighted by Crippen LogP contribution is 2.23. The largest absolute Gasteiger partial charge is 0.481 e. The third-order valence-electron chi connectivity index (χ3n) is 3.24. The lowest BCUT2D eigenvalue weighted by Crippen LogP contribution is -2.38. The van der Waals surface area contributed by atoms with Crippen LogP contribution in [-0.4, -0.2) is 35.1 Å². The van der Waals surface area contributed by atoms with Crippen molar-refractivity contribution in [2.75, 3.05) is 13.1 Å². The quantitative estimate of drug-likeness (QED) is 0.845. The average Bonchev–Trinajstić information content (AvgIpc) is 2.94. The number of carboxylic acids is 1. The van der Waals surface area contributed by atoms with Gasteiger partial charge in [0.15, 0.2) is 0 Å². The van der Waals surface area contributed by atoms with E-state index in [0.717, 1.165) is 5.56 Å². The summed E-state index contributed by atoms with van der Waals surface area (Å²) in [5.74, 6) is -1.32. The maximum atomic E-state index is 11.8. The number of rotatable bonds is 3. The predicted octanol–water partition coefficient (Wildman–Crippen LogP) is 1.14. The van der Waals surface area contributed by atoms with Gasteiger partial charge in [-0.2, -0.15) is 0 Å². The molecule has 0 bridgehead atoms. The second-order valence-electron chi connectivity index (χ2n) is 4.62. The molecule has 2 rings (SSSR count). The number of nitrogens with one attached hydrogen (secondary N) is 1. The summed E-state index contributed by atoms with van der Waals surface area (Å²) in [7, 11) is 0. The van der Waals surface area contributed by atoms with Crippen molar-refractivity contribution in [3.05, 3.63) is 24.2 Å². The van der Waals surface area contributed by atoms with Crippen LogP contribution in [0.1, 0.15) is 12.5 Å². The molecule has 0 radical (unpaired) electrons. The van der Waals surface area contributed by atoms with Crippen LogP contribution in [0.3, 0.4) is 0 Å². The zero-order valence-corrected chi connectivity index (χ0v) is 10.1. The smallest absolute Gasteiger partial charge is 0.317 e. The normalized spacial score (nSPS) is 23.1. The Balaban J connectivity index is 1.85. The Morgan fingerprint density at radius 1 is 1.56 bits per heavy atom. The Kier molecular flexibility index (Phi) is 3.55. The summed E-state index contributed by atoms with van der Waals surface area (Å²) in [6.45, 7) is 2.99. The molecule has 0 spiro atoms. The van der Waals surface area contributed by atoms with Crippen molar-refractivity contribution in [3.8, 4) is 0 Å². The number of urea groups is 1. The molecular weight excluding hydrogens is 236 g/mol. The van der Waals surface area contributed by atoms with Crippen LogP contribution >= 0.6 is 0 Å². The SMILES string of the molecule is CC1CN(C(=O)NCc2ccoc2)CC1C(=O)O. The van der Waals surface area contributed by atoms with E-state index in [4.69, 9.17) is 9.52 Å². The Hall–Kier alpha value is -1.98. The van der Waals surface area contributed by atoms with E-state index >= 15 is 0 Å². The van der Waals surface area contributed by atoms with Crippen molar-refractivity contribution < 1.29 is 19.1 Å². The van der Waals surface area contributed by atoms with E-state index in [-0.39, 0.29) is 18.5 Å². The highest BCUT2D eigenvalue weighted by atomic mass is 16.4. The molecule has 98 valence electrons. The molecule has 0 saturated carbocycles. The van der Waals surface area contributed by atoms with Crippen LogP contribution in [-0.2, 0) is 11.3 Å². The van der Waals surface area contributed by atoms with Crippen LogP contribution in [0.5, 0.6) is 0 Å². The standard InChI is InChI=1S/C12H16N2O4/c1-8-5-14(6-10(8)11(15)16)12(17)13-4-9-2-3-18-7-9/h2-3,7-8,10H,4-6H2,1H3,(H,13,17)(H,15,16). The van der Waals surface area contributed by atoms with Gasteiger partial charge in [-0.1, -0.05) is 6.92 Å². The summed E-state index contributed by atoms with van der Waals surface area (Å²) in [5.41, 5.74) is 0.880. The van der Waals surface area contributed by atoms with Gasteiger partial charge >= 0.3 is 12.0 Å². The molecule has 2 unspecified atom stereocenters. The monoisotopic (exact) mass is 252 g/mol. The number of carbonyl (C=O) groups excluding carboxylic acids is 1. The van der Waals surface area contributed by atoms with Crippen molar-refractivity contribution in [1.82, 2.24) is 10.2 Å². The Morgan fingerprint density at radius 2 is 2.33 bits per heavy atom. The first-order valence-corrected chi connectivity index (χ1v) is 5.84. The molecule has 1 aromatic rings. The number of nitrogens with zero attached hydrogens (tertiary/aromatic N) is 1. The van der Waals surface area contributed by atoms with E-state index < -0.39 is 11.9 Å². The van der Waals surface area contributed by atoms with E-state index in [1.165, 1.54) is 0 Å². The van der Waals surface area contributed by atoms with Crippen molar-refractivity contribution >= 4 is 12.0 Å². The van der Waals surface area contributed by atoms with Crippen molar-refractivity contribution in [2.24, 2.45) is 11.8 Å². The van der Waals surface area contributed by atoms with Gasteiger partial charge in [-0.25, -0.2) is 4.79 Å². The second kappa shape index (κ2) is 5.12. The highest BCUT2D eigenvalue weighted by molar-refractivity contribution is 5.77. The number of carbonyl (C=O) groups is 2. The van der Waals surface area contributed by atoms with Gasteiger partial charge in [0.05, 0.1) is 18.4 Å². The van der Waals surface area contributed by atoms with Gasteiger partial charge in [0.1, 0.15) is 0 Å². The van der Waals surface area contributed by atoms with Gasteiger partial charge in [-0.15, -0.1) is 0 Å². The minimum absolute atomic E-state index is 0.0119. The highest BCUT2D eigenvalue weighted by Gasteiger charge is 2.36. The van der Waals surface area contributed by atoms with E-state index in [0.29, 0.717) is 13.1 Å². The number of hydrogen-bond donors (Lipinski definition) is 2. The van der Waals surface area contributed by atoms with Gasteiger partial charge in [-0.05, 0) is 12.0 Å². The van der Waals surface area contributed by atoms with E-state index in [1.807, 2.05) is 6.92 Å². The first-order chi connectivity index (χ1) is 8.58. The molecule has 18 heavy (non-hydrogen) atoms. The molecule has 2 amide bonds. The molecule has 2 atom stereocenters. The van der Waals surface area contributed by atoms with Crippen LogP contribution in [0, 0.1) is 11.8 Å². The summed E-state index contributed by atoms with van der Waals surface area (Å²) in [5, 5.41) is 11.7. The maximum Gasteiger partial charge on any atom is 0.317 e. The fourth-order valence-corrected chi connectivity index (χ4v) is 2.14. The van der Waals surface area contributed by atoms with E-state index in [1.54, 1.807) is 23.5 Å². The van der Waals surface area contributed by atoms with Gasteiger partial charge in [0, 0.05) is 25.2 Å². The number of furan rings is 1. The fourth-order valence-electron chi connectivity index (χ4n) is 2.14. The fraction of sp³-hybridized carbons (Fsp3) is 0.500. The van der Waals surface area contributed by atoms with E-state index in [2.05, 4.69) is 5.32 Å². The number of hydrogen-bond acceptors (Lipinski definition) is 3. The van der Waals surface area contributed by atoms with Gasteiger partial charge in [0.2, 0.25) is 0 Å². The molecule has 0 aliphatic carbocycles. The predicted molar refractivity (Wildman–Crippen MR) is 62.8 cm³/mol. The summed E-state index contributed by atoms with van der Waals surface area (Å²) in [4.78, 5) is 24.3. The molecule has 1 aliphatic rings. The van der Waals surface area contributed by atoms with Crippen LogP contribution < -0.4 is 5.32 Å². The lowest BCUT2D eigenvalue weighted by atomic mass is 9.99. The summed E-state index contributed by atoms with van der Waals surface area (Å²) < 4.78 is 4.90. The molecular formula is C12H16N2O4. The first-order valence-electron chi connectivity index (χ1n) is 5.84. The summed E-state index contributed by atoms with van der Waals surface area (Å²) in [6.07, 6.45) is 3.10. The lowest BCUT2D eigenvalue weighted by Gasteiger charge is -2.16. The molecule has 1 fully saturated rings. The molecule has 1 aromatic heterocycles. The minimum Gasteiger partial charge on any atom is -0.481 e. The molecule has 1 saturated heterocycles. The van der Waals surface area contributed by atoms with Crippen molar-refractivity contribution in [2.45, 2.75) is 13.5 Å². The van der Waals surface area contributed by atoms with Crippen LogP contribution in [0.2, 0.25) is 0 Å². The van der Waals surface area contributed by atoms with E-state index in [9.17, 15) is 9.59 Å². The third kappa shape index (κ3) is 2.64. The van der Waals surface area contributed by atoms with Crippen molar-refractivity contribution in [3.63, 3.8) is 0 Å². The molecule has 2 heterocycles. The molecule has 6 heteroatoms.